The van der Waals surface area contributed by atoms with Gasteiger partial charge in [0.25, 0.3) is 0 Å². The first-order valence-electron chi connectivity index (χ1n) is 9.58. The molecule has 0 aliphatic carbocycles. The molecule has 1 heterocycles. The lowest BCUT2D eigenvalue weighted by Crippen LogP contribution is -2.37. The number of halogens is 3. The number of aliphatic imine (C=N–C) groups is 1. The van der Waals surface area contributed by atoms with Crippen molar-refractivity contribution in [3.8, 4) is 5.75 Å². The lowest BCUT2D eigenvalue weighted by molar-refractivity contribution is -0.153. The van der Waals surface area contributed by atoms with Crippen LogP contribution in [0.2, 0.25) is 0 Å². The lowest BCUT2D eigenvalue weighted by Gasteiger charge is -2.12. The molecule has 2 aromatic carbocycles. The highest BCUT2D eigenvalue weighted by atomic mass is 19.4. The number of hydrogen-bond donors (Lipinski definition) is 2. The van der Waals surface area contributed by atoms with Gasteiger partial charge in [0.2, 0.25) is 0 Å². The molecule has 0 aliphatic rings. The van der Waals surface area contributed by atoms with E-state index >= 15 is 0 Å². The minimum Gasteiger partial charge on any atom is -0.484 e. The Hall–Kier alpha value is -3.29. The number of ether oxygens (including phenoxy) is 1. The zero-order valence-electron chi connectivity index (χ0n) is 16.5. The Labute approximate surface area is 173 Å². The highest BCUT2D eigenvalue weighted by Crippen LogP contribution is 2.19. The van der Waals surface area contributed by atoms with Crippen LogP contribution in [0.25, 0.3) is 10.8 Å². The number of benzene rings is 2. The monoisotopic (exact) mass is 416 g/mol. The van der Waals surface area contributed by atoms with Crippen molar-refractivity contribution in [1.82, 2.24) is 15.6 Å². The number of nitrogens with one attached hydrogen (secondary N) is 2. The van der Waals surface area contributed by atoms with Crippen LogP contribution in [0.15, 0.2) is 65.8 Å². The van der Waals surface area contributed by atoms with Gasteiger partial charge in [-0.15, -0.1) is 0 Å². The topological polar surface area (TPSA) is 58.5 Å². The first kappa shape index (κ1) is 21.4. The van der Waals surface area contributed by atoms with Crippen molar-refractivity contribution in [3.05, 3.63) is 72.1 Å². The van der Waals surface area contributed by atoms with Gasteiger partial charge in [0.15, 0.2) is 12.6 Å². The van der Waals surface area contributed by atoms with Crippen LogP contribution in [0.3, 0.4) is 0 Å². The average Bonchev–Trinajstić information content (AvgIpc) is 2.74. The van der Waals surface area contributed by atoms with E-state index in [-0.39, 0.29) is 5.75 Å². The fraction of sp³-hybridized carbons (Fsp3) is 0.273. The van der Waals surface area contributed by atoms with Crippen LogP contribution >= 0.6 is 0 Å². The van der Waals surface area contributed by atoms with Gasteiger partial charge >= 0.3 is 6.18 Å². The molecule has 0 saturated heterocycles. The molecule has 3 rings (SSSR count). The number of rotatable bonds is 7. The third-order valence-corrected chi connectivity index (χ3v) is 4.27. The Kier molecular flexibility index (Phi) is 7.11. The maximum atomic E-state index is 12.2. The molecule has 0 unspecified atom stereocenters. The quantitative estimate of drug-likeness (QED) is 0.442. The molecule has 0 fully saturated rings. The second-order valence-corrected chi connectivity index (χ2v) is 6.58. The first-order chi connectivity index (χ1) is 14.4. The highest BCUT2D eigenvalue weighted by Gasteiger charge is 2.28. The second-order valence-electron chi connectivity index (χ2n) is 6.58. The van der Waals surface area contributed by atoms with Crippen molar-refractivity contribution in [2.24, 2.45) is 4.99 Å². The summed E-state index contributed by atoms with van der Waals surface area (Å²) in [5, 5.41) is 8.66. The first-order valence-corrected chi connectivity index (χ1v) is 9.58. The van der Waals surface area contributed by atoms with Gasteiger partial charge < -0.3 is 15.4 Å². The van der Waals surface area contributed by atoms with Gasteiger partial charge in [-0.1, -0.05) is 36.4 Å². The fourth-order valence-electron chi connectivity index (χ4n) is 2.86. The molecule has 30 heavy (non-hydrogen) atoms. The molecule has 158 valence electrons. The van der Waals surface area contributed by atoms with Crippen molar-refractivity contribution >= 4 is 16.7 Å². The third kappa shape index (κ3) is 6.37. The zero-order valence-corrected chi connectivity index (χ0v) is 16.5. The van der Waals surface area contributed by atoms with E-state index in [9.17, 15) is 13.2 Å². The van der Waals surface area contributed by atoms with Gasteiger partial charge in [0.05, 0.1) is 18.8 Å². The summed E-state index contributed by atoms with van der Waals surface area (Å²) in [6.45, 7) is 2.25. The van der Waals surface area contributed by atoms with Crippen LogP contribution in [-0.2, 0) is 13.1 Å². The smallest absolute Gasteiger partial charge is 0.422 e. The largest absolute Gasteiger partial charge is 0.484 e. The molecule has 3 aromatic rings. The number of nitrogens with zero attached hydrogens (tertiary/aromatic N) is 2. The summed E-state index contributed by atoms with van der Waals surface area (Å²) in [6.07, 6.45) is -2.57. The Bertz CT molecular complexity index is 982. The Morgan fingerprint density at radius 3 is 2.53 bits per heavy atom. The van der Waals surface area contributed by atoms with Crippen molar-refractivity contribution in [2.45, 2.75) is 26.2 Å². The van der Waals surface area contributed by atoms with Crippen molar-refractivity contribution in [3.63, 3.8) is 0 Å². The van der Waals surface area contributed by atoms with E-state index in [1.165, 1.54) is 12.1 Å². The molecular formula is C22H23F3N4O. The van der Waals surface area contributed by atoms with Gasteiger partial charge in [-0.3, -0.25) is 4.98 Å². The Morgan fingerprint density at radius 2 is 1.80 bits per heavy atom. The molecule has 0 aliphatic heterocycles. The van der Waals surface area contributed by atoms with E-state index in [1.807, 2.05) is 37.3 Å². The zero-order chi connectivity index (χ0) is 21.4. The number of hydrogen-bond acceptors (Lipinski definition) is 3. The number of guanidine groups is 1. The van der Waals surface area contributed by atoms with E-state index in [2.05, 4.69) is 20.6 Å². The van der Waals surface area contributed by atoms with Gasteiger partial charge in [-0.05, 0) is 36.1 Å². The van der Waals surface area contributed by atoms with Crippen LogP contribution in [0.5, 0.6) is 5.75 Å². The maximum absolute atomic E-state index is 12.2. The van der Waals surface area contributed by atoms with Crippen LogP contribution in [0.4, 0.5) is 13.2 Å². The summed E-state index contributed by atoms with van der Waals surface area (Å²) in [6, 6.07) is 16.4. The highest BCUT2D eigenvalue weighted by molar-refractivity contribution is 5.85. The van der Waals surface area contributed by atoms with Crippen molar-refractivity contribution < 1.29 is 17.9 Å². The summed E-state index contributed by atoms with van der Waals surface area (Å²) in [5.41, 5.74) is 1.78. The maximum Gasteiger partial charge on any atom is 0.422 e. The van der Waals surface area contributed by atoms with Crippen LogP contribution < -0.4 is 15.4 Å². The number of alkyl halides is 3. The van der Waals surface area contributed by atoms with Crippen molar-refractivity contribution in [1.29, 1.82) is 0 Å². The van der Waals surface area contributed by atoms with Gasteiger partial charge in [-0.2, -0.15) is 13.2 Å². The van der Waals surface area contributed by atoms with Crippen LogP contribution in [-0.4, -0.2) is 30.3 Å². The predicted molar refractivity (Wildman–Crippen MR) is 111 cm³/mol. The Morgan fingerprint density at radius 1 is 1.03 bits per heavy atom. The number of pyridine rings is 1. The van der Waals surface area contributed by atoms with Gasteiger partial charge in [0.1, 0.15) is 5.75 Å². The Balaban J connectivity index is 1.61. The summed E-state index contributed by atoms with van der Waals surface area (Å²) in [5.74, 6) is 0.803. The van der Waals surface area contributed by atoms with E-state index < -0.39 is 12.8 Å². The van der Waals surface area contributed by atoms with E-state index in [4.69, 9.17) is 4.74 Å². The van der Waals surface area contributed by atoms with E-state index in [0.717, 1.165) is 22.0 Å². The summed E-state index contributed by atoms with van der Waals surface area (Å²) in [4.78, 5) is 9.00. The number of fused-ring (bicyclic) bond motifs is 1. The molecule has 0 amide bonds. The average molecular weight is 416 g/mol. The third-order valence-electron chi connectivity index (χ3n) is 4.27. The SMILES string of the molecule is CCNC(=NCc1ccc(OCC(F)(F)F)cc1)NCc1nccc2ccccc12. The van der Waals surface area contributed by atoms with E-state index in [1.54, 1.807) is 18.3 Å². The molecule has 2 N–H and O–H groups in total. The molecule has 0 spiro atoms. The summed E-state index contributed by atoms with van der Waals surface area (Å²) >= 11 is 0. The number of aromatic nitrogens is 1. The standard InChI is InChI=1S/C22H23F3N4O/c1-2-26-21(29-14-20-19-6-4-3-5-17(19)11-12-27-20)28-13-16-7-9-18(10-8-16)30-15-22(23,24)25/h3-12H,2,13-15H2,1H3,(H2,26,28,29). The van der Waals surface area contributed by atoms with Crippen LogP contribution in [0.1, 0.15) is 18.2 Å². The van der Waals surface area contributed by atoms with E-state index in [0.29, 0.717) is 25.6 Å². The molecule has 0 atom stereocenters. The normalized spacial score (nSPS) is 12.1. The van der Waals surface area contributed by atoms with Gasteiger partial charge in [-0.25, -0.2) is 4.99 Å². The molecule has 0 radical (unpaired) electrons. The molecule has 0 bridgehead atoms. The summed E-state index contributed by atoms with van der Waals surface area (Å²) < 4.78 is 41.4. The van der Waals surface area contributed by atoms with Crippen molar-refractivity contribution in [2.75, 3.05) is 13.2 Å². The molecule has 1 aromatic heterocycles. The fourth-order valence-corrected chi connectivity index (χ4v) is 2.86. The molecular weight excluding hydrogens is 393 g/mol. The second kappa shape index (κ2) is 9.96. The van der Waals surface area contributed by atoms with Gasteiger partial charge in [0, 0.05) is 18.1 Å². The minimum atomic E-state index is -4.35. The molecule has 5 nitrogen and oxygen atoms in total. The minimum absolute atomic E-state index is 0.173. The van der Waals surface area contributed by atoms with Crippen LogP contribution in [0, 0.1) is 0 Å². The lowest BCUT2D eigenvalue weighted by atomic mass is 10.1. The molecule has 0 saturated carbocycles. The summed E-state index contributed by atoms with van der Waals surface area (Å²) in [7, 11) is 0. The molecule has 8 heteroatoms. The predicted octanol–water partition coefficient (Wildman–Crippen LogP) is 4.43.